The molecule has 2 saturated heterocycles. The van der Waals surface area contributed by atoms with Crippen molar-refractivity contribution in [2.24, 2.45) is 16.7 Å². The number of piperidine rings is 2. The molecule has 0 aromatic heterocycles. The summed E-state index contributed by atoms with van der Waals surface area (Å²) in [6.07, 6.45) is 1.74. The van der Waals surface area contributed by atoms with E-state index in [1.807, 2.05) is 4.90 Å². The quantitative estimate of drug-likeness (QED) is 0.798. The van der Waals surface area contributed by atoms with Crippen molar-refractivity contribution in [3.05, 3.63) is 0 Å². The van der Waals surface area contributed by atoms with Gasteiger partial charge in [-0.2, -0.15) is 0 Å². The zero-order valence-corrected chi connectivity index (χ0v) is 15.0. The summed E-state index contributed by atoms with van der Waals surface area (Å²) in [6.45, 7) is 11.5. The van der Waals surface area contributed by atoms with Gasteiger partial charge < -0.3 is 15.1 Å². The van der Waals surface area contributed by atoms with Crippen LogP contribution in [0.4, 0.5) is 0 Å². The molecule has 0 radical (unpaired) electrons. The SMILES string of the molecule is CC1(C)C(C(=O)N2CC[C@@H](N3CCC(O)CC3)[C@H](O)C2)C1(C)C. The Bertz CT molecular complexity index is 455. The Morgan fingerprint density at radius 3 is 2.00 bits per heavy atom. The molecule has 1 aliphatic carbocycles. The van der Waals surface area contributed by atoms with E-state index in [2.05, 4.69) is 32.6 Å². The second-order valence-electron chi connectivity index (χ2n) is 8.85. The van der Waals surface area contributed by atoms with E-state index in [1.54, 1.807) is 0 Å². The third-order valence-electron chi connectivity index (χ3n) is 7.09. The average molecular weight is 324 g/mol. The zero-order chi connectivity index (χ0) is 17.0. The molecule has 2 heterocycles. The Labute approximate surface area is 139 Å². The van der Waals surface area contributed by atoms with Gasteiger partial charge in [-0.25, -0.2) is 0 Å². The van der Waals surface area contributed by atoms with E-state index < -0.39 is 6.10 Å². The number of β-amino-alcohol motifs (C(OH)–C–C–N with tert-alkyl or cyclic N) is 1. The number of aliphatic hydroxyl groups excluding tert-OH is 2. The van der Waals surface area contributed by atoms with E-state index >= 15 is 0 Å². The van der Waals surface area contributed by atoms with E-state index in [9.17, 15) is 15.0 Å². The number of aliphatic hydroxyl groups is 2. The first kappa shape index (κ1) is 17.2. The highest BCUT2D eigenvalue weighted by atomic mass is 16.3. The fraction of sp³-hybridized carbons (Fsp3) is 0.944. The summed E-state index contributed by atoms with van der Waals surface area (Å²) in [4.78, 5) is 17.0. The molecule has 0 aromatic rings. The van der Waals surface area contributed by atoms with E-state index in [1.165, 1.54) is 0 Å². The van der Waals surface area contributed by atoms with E-state index in [-0.39, 0.29) is 34.8 Å². The maximum Gasteiger partial charge on any atom is 0.226 e. The first-order valence-electron chi connectivity index (χ1n) is 9.05. The van der Waals surface area contributed by atoms with Crippen molar-refractivity contribution in [2.75, 3.05) is 26.2 Å². The highest BCUT2D eigenvalue weighted by molar-refractivity contribution is 5.84. The van der Waals surface area contributed by atoms with Crippen molar-refractivity contribution < 1.29 is 15.0 Å². The maximum atomic E-state index is 12.8. The summed E-state index contributed by atoms with van der Waals surface area (Å²) >= 11 is 0. The Morgan fingerprint density at radius 2 is 1.52 bits per heavy atom. The summed E-state index contributed by atoms with van der Waals surface area (Å²) in [6, 6.07) is 0.131. The van der Waals surface area contributed by atoms with Crippen LogP contribution in [0.25, 0.3) is 0 Å². The topological polar surface area (TPSA) is 64.0 Å². The average Bonchev–Trinajstić information content (AvgIpc) is 2.89. The van der Waals surface area contributed by atoms with Crippen LogP contribution in [0.1, 0.15) is 47.0 Å². The fourth-order valence-corrected chi connectivity index (χ4v) is 4.76. The first-order chi connectivity index (χ1) is 10.7. The van der Waals surface area contributed by atoms with Crippen LogP contribution in [0, 0.1) is 16.7 Å². The van der Waals surface area contributed by atoms with Crippen molar-refractivity contribution >= 4 is 5.91 Å². The molecule has 5 heteroatoms. The summed E-state index contributed by atoms with van der Waals surface area (Å²) in [5.74, 6) is 0.287. The van der Waals surface area contributed by atoms with E-state index in [4.69, 9.17) is 0 Å². The van der Waals surface area contributed by atoms with E-state index in [0.29, 0.717) is 6.54 Å². The normalized spacial score (nSPS) is 35.3. The summed E-state index contributed by atoms with van der Waals surface area (Å²) in [7, 11) is 0. The number of hydrogen-bond donors (Lipinski definition) is 2. The molecule has 2 atom stereocenters. The van der Waals surface area contributed by atoms with Gasteiger partial charge in [0.15, 0.2) is 0 Å². The lowest BCUT2D eigenvalue weighted by atomic mass is 9.96. The monoisotopic (exact) mass is 324 g/mol. The number of carbonyl (C=O) groups is 1. The molecule has 2 aliphatic heterocycles. The molecule has 0 aromatic carbocycles. The molecule has 5 nitrogen and oxygen atoms in total. The highest BCUT2D eigenvalue weighted by Gasteiger charge is 2.69. The third kappa shape index (κ3) is 2.81. The molecule has 1 amide bonds. The predicted octanol–water partition coefficient (Wildman–Crippen LogP) is 1.09. The Kier molecular flexibility index (Phi) is 4.27. The molecule has 3 fully saturated rings. The Hall–Kier alpha value is -0.650. The van der Waals surface area contributed by atoms with Gasteiger partial charge in [-0.05, 0) is 30.1 Å². The van der Waals surface area contributed by atoms with Crippen LogP contribution in [0.5, 0.6) is 0 Å². The molecule has 1 saturated carbocycles. The standard InChI is InChI=1S/C18H32N2O3/c1-17(2)15(18(17,3)4)16(23)20-10-7-13(14(22)11-20)19-8-5-12(21)6-9-19/h12-15,21-22H,5-11H2,1-4H3/t13-,14-/m1/s1. The number of carbonyl (C=O) groups excluding carboxylic acids is 1. The van der Waals surface area contributed by atoms with E-state index in [0.717, 1.165) is 38.9 Å². The number of hydrogen-bond acceptors (Lipinski definition) is 4. The number of rotatable bonds is 2. The minimum absolute atomic E-state index is 0.0505. The van der Waals surface area contributed by atoms with Gasteiger partial charge in [-0.3, -0.25) is 9.69 Å². The van der Waals surface area contributed by atoms with Crippen LogP contribution >= 0.6 is 0 Å². The molecule has 2 N–H and O–H groups in total. The molecule has 132 valence electrons. The lowest BCUT2D eigenvalue weighted by Crippen LogP contribution is -2.57. The molecular weight excluding hydrogens is 292 g/mol. The van der Waals surface area contributed by atoms with Gasteiger partial charge in [0.25, 0.3) is 0 Å². The lowest BCUT2D eigenvalue weighted by molar-refractivity contribution is -0.139. The lowest BCUT2D eigenvalue weighted by Gasteiger charge is -2.44. The fourth-order valence-electron chi connectivity index (χ4n) is 4.76. The number of nitrogens with zero attached hydrogens (tertiary/aromatic N) is 2. The molecule has 0 bridgehead atoms. The molecule has 0 unspecified atom stereocenters. The van der Waals surface area contributed by atoms with Crippen LogP contribution < -0.4 is 0 Å². The number of likely N-dealkylation sites (tertiary alicyclic amines) is 2. The van der Waals surface area contributed by atoms with Gasteiger partial charge in [0.2, 0.25) is 5.91 Å². The van der Waals surface area contributed by atoms with Gasteiger partial charge in [0, 0.05) is 38.1 Å². The van der Waals surface area contributed by atoms with Crippen molar-refractivity contribution in [3.63, 3.8) is 0 Å². The molecule has 0 spiro atoms. The third-order valence-corrected chi connectivity index (χ3v) is 7.09. The van der Waals surface area contributed by atoms with Crippen molar-refractivity contribution in [1.82, 2.24) is 9.80 Å². The number of amides is 1. The second kappa shape index (κ2) is 5.71. The van der Waals surface area contributed by atoms with Crippen molar-refractivity contribution in [2.45, 2.75) is 65.2 Å². The van der Waals surface area contributed by atoms with Crippen LogP contribution in [-0.2, 0) is 4.79 Å². The highest BCUT2D eigenvalue weighted by Crippen LogP contribution is 2.68. The van der Waals surface area contributed by atoms with Crippen LogP contribution in [0.3, 0.4) is 0 Å². The van der Waals surface area contributed by atoms with Crippen LogP contribution in [0.2, 0.25) is 0 Å². The smallest absolute Gasteiger partial charge is 0.226 e. The Morgan fingerprint density at radius 1 is 0.957 bits per heavy atom. The summed E-state index contributed by atoms with van der Waals surface area (Å²) in [5, 5.41) is 20.2. The van der Waals surface area contributed by atoms with Gasteiger partial charge in [0.05, 0.1) is 12.2 Å². The zero-order valence-electron chi connectivity index (χ0n) is 15.0. The van der Waals surface area contributed by atoms with Gasteiger partial charge in [-0.15, -0.1) is 0 Å². The first-order valence-corrected chi connectivity index (χ1v) is 9.05. The minimum Gasteiger partial charge on any atom is -0.393 e. The largest absolute Gasteiger partial charge is 0.393 e. The summed E-state index contributed by atoms with van der Waals surface area (Å²) < 4.78 is 0. The van der Waals surface area contributed by atoms with Gasteiger partial charge in [-0.1, -0.05) is 27.7 Å². The molecule has 23 heavy (non-hydrogen) atoms. The second-order valence-corrected chi connectivity index (χ2v) is 8.85. The molecule has 3 aliphatic rings. The summed E-state index contributed by atoms with van der Waals surface area (Å²) in [5.41, 5.74) is 0.101. The van der Waals surface area contributed by atoms with Crippen LogP contribution in [-0.4, -0.2) is 70.3 Å². The molecule has 3 rings (SSSR count). The van der Waals surface area contributed by atoms with Gasteiger partial charge >= 0.3 is 0 Å². The predicted molar refractivity (Wildman–Crippen MR) is 88.9 cm³/mol. The Balaban J connectivity index is 1.58. The molecular formula is C18H32N2O3. The minimum atomic E-state index is -0.479. The van der Waals surface area contributed by atoms with Crippen molar-refractivity contribution in [3.8, 4) is 0 Å². The maximum absolute atomic E-state index is 12.8. The van der Waals surface area contributed by atoms with Gasteiger partial charge in [0.1, 0.15) is 0 Å². The van der Waals surface area contributed by atoms with Crippen LogP contribution in [0.15, 0.2) is 0 Å². The van der Waals surface area contributed by atoms with Crippen molar-refractivity contribution in [1.29, 1.82) is 0 Å².